The molecule has 86 valence electrons. The summed E-state index contributed by atoms with van der Waals surface area (Å²) in [5, 5.41) is 0. The summed E-state index contributed by atoms with van der Waals surface area (Å²) < 4.78 is 0. The smallest absolute Gasteiger partial charge is 0.233 e. The van der Waals surface area contributed by atoms with Gasteiger partial charge in [-0.1, -0.05) is 0 Å². The molecule has 0 saturated carbocycles. The Morgan fingerprint density at radius 2 is 1.88 bits per heavy atom. The molecule has 1 aliphatic carbocycles. The summed E-state index contributed by atoms with van der Waals surface area (Å²) >= 11 is 0. The lowest BCUT2D eigenvalue weighted by Gasteiger charge is -2.25. The van der Waals surface area contributed by atoms with Crippen LogP contribution in [0.3, 0.4) is 0 Å². The van der Waals surface area contributed by atoms with Crippen LogP contribution in [0.5, 0.6) is 0 Å². The zero-order valence-electron chi connectivity index (χ0n) is 9.35. The second kappa shape index (κ2) is 3.80. The van der Waals surface area contributed by atoms with E-state index in [-0.39, 0.29) is 0 Å². The van der Waals surface area contributed by atoms with Gasteiger partial charge in [-0.2, -0.15) is 0 Å². The molecule has 4 nitrogen and oxygen atoms in total. The van der Waals surface area contributed by atoms with Crippen LogP contribution in [0.15, 0.2) is 24.5 Å². The second-order valence-electron chi connectivity index (χ2n) is 4.34. The number of carbonyl (C=O) groups excluding carboxylic acids is 2. The third-order valence-electron chi connectivity index (χ3n) is 3.28. The van der Waals surface area contributed by atoms with Crippen LogP contribution < -0.4 is 0 Å². The highest BCUT2D eigenvalue weighted by Crippen LogP contribution is 2.29. The van der Waals surface area contributed by atoms with Crippen molar-refractivity contribution in [3.8, 4) is 0 Å². The first kappa shape index (κ1) is 10.2. The van der Waals surface area contributed by atoms with E-state index in [4.69, 9.17) is 0 Å². The molecule has 0 bridgehead atoms. The molecule has 0 atom stereocenters. The van der Waals surface area contributed by atoms with Crippen molar-refractivity contribution in [2.75, 3.05) is 13.1 Å². The van der Waals surface area contributed by atoms with Crippen molar-refractivity contribution in [2.24, 2.45) is 0 Å². The lowest BCUT2D eigenvalue weighted by Crippen LogP contribution is -2.26. The average Bonchev–Trinajstić information content (AvgIpc) is 2.87. The molecule has 17 heavy (non-hydrogen) atoms. The third kappa shape index (κ3) is 1.56. The van der Waals surface area contributed by atoms with Gasteiger partial charge in [0.05, 0.1) is 5.70 Å². The predicted molar refractivity (Wildman–Crippen MR) is 62.4 cm³/mol. The standard InChI is InChI=1S/C13H12N2O2/c16-12-7-11(15-5-1-2-6-15)10-8-14-4-3-9(10)13(12)17/h3-4,7-8H,1-2,5-6H2. The number of ketones is 2. The Morgan fingerprint density at radius 3 is 2.65 bits per heavy atom. The van der Waals surface area contributed by atoms with Crippen LogP contribution in [-0.2, 0) is 4.79 Å². The Kier molecular flexibility index (Phi) is 2.28. The zero-order chi connectivity index (χ0) is 11.8. The SMILES string of the molecule is O=C1C=C(N2CCCC2)c2cnccc2C1=O. The Labute approximate surface area is 99.0 Å². The van der Waals surface area contributed by atoms with Gasteiger partial charge in [-0.3, -0.25) is 14.6 Å². The number of fused-ring (bicyclic) bond motifs is 1. The fourth-order valence-corrected chi connectivity index (χ4v) is 2.42. The molecule has 0 spiro atoms. The molecule has 1 aromatic rings. The van der Waals surface area contributed by atoms with E-state index < -0.39 is 11.6 Å². The van der Waals surface area contributed by atoms with E-state index in [1.54, 1.807) is 18.5 Å². The monoisotopic (exact) mass is 228 g/mol. The topological polar surface area (TPSA) is 50.3 Å². The number of pyridine rings is 1. The minimum atomic E-state index is -0.426. The van der Waals surface area contributed by atoms with Crippen molar-refractivity contribution in [1.29, 1.82) is 0 Å². The summed E-state index contributed by atoms with van der Waals surface area (Å²) in [7, 11) is 0. The summed E-state index contributed by atoms with van der Waals surface area (Å²) in [6.45, 7) is 1.89. The summed E-state index contributed by atoms with van der Waals surface area (Å²) in [4.78, 5) is 29.6. The Hall–Kier alpha value is -1.97. The average molecular weight is 228 g/mol. The molecule has 2 heterocycles. The van der Waals surface area contributed by atoms with Crippen molar-refractivity contribution in [3.05, 3.63) is 35.7 Å². The maximum atomic E-state index is 11.7. The maximum Gasteiger partial charge on any atom is 0.233 e. The normalized spacial score (nSPS) is 19.3. The lowest BCUT2D eigenvalue weighted by molar-refractivity contribution is -0.111. The molecule has 4 heteroatoms. The first-order valence-corrected chi connectivity index (χ1v) is 5.77. The van der Waals surface area contributed by atoms with E-state index in [0.29, 0.717) is 5.56 Å². The van der Waals surface area contributed by atoms with Crippen molar-refractivity contribution in [3.63, 3.8) is 0 Å². The highest BCUT2D eigenvalue weighted by molar-refractivity contribution is 6.50. The molecular formula is C13H12N2O2. The Balaban J connectivity index is 2.12. The van der Waals surface area contributed by atoms with E-state index in [2.05, 4.69) is 9.88 Å². The highest BCUT2D eigenvalue weighted by Gasteiger charge is 2.29. The molecular weight excluding hydrogens is 216 g/mol. The fraction of sp³-hybridized carbons (Fsp3) is 0.308. The lowest BCUT2D eigenvalue weighted by atomic mass is 9.94. The highest BCUT2D eigenvalue weighted by atomic mass is 16.2. The van der Waals surface area contributed by atoms with Crippen molar-refractivity contribution < 1.29 is 9.59 Å². The van der Waals surface area contributed by atoms with Gasteiger partial charge in [0.1, 0.15) is 0 Å². The van der Waals surface area contributed by atoms with Gasteiger partial charge >= 0.3 is 0 Å². The predicted octanol–water partition coefficient (Wildman–Crippen LogP) is 1.28. The first-order valence-electron chi connectivity index (χ1n) is 5.77. The summed E-state index contributed by atoms with van der Waals surface area (Å²) in [6, 6.07) is 1.62. The molecule has 1 aliphatic heterocycles. The number of likely N-dealkylation sites (tertiary alicyclic amines) is 1. The van der Waals surface area contributed by atoms with E-state index in [9.17, 15) is 9.59 Å². The molecule has 2 aliphatic rings. The molecule has 1 aromatic heterocycles. The fourth-order valence-electron chi connectivity index (χ4n) is 2.42. The summed E-state index contributed by atoms with van der Waals surface area (Å²) in [5.74, 6) is -0.851. The van der Waals surface area contributed by atoms with Crippen LogP contribution in [-0.4, -0.2) is 34.5 Å². The molecule has 0 radical (unpaired) electrons. The number of rotatable bonds is 1. The molecule has 0 amide bonds. The van der Waals surface area contributed by atoms with Gasteiger partial charge in [0.15, 0.2) is 0 Å². The summed E-state index contributed by atoms with van der Waals surface area (Å²) in [6.07, 6.45) is 6.95. The van der Waals surface area contributed by atoms with Gasteiger partial charge in [0, 0.05) is 42.7 Å². The molecule has 0 unspecified atom stereocenters. The van der Waals surface area contributed by atoms with E-state index in [1.807, 2.05) is 0 Å². The van der Waals surface area contributed by atoms with Crippen LogP contribution >= 0.6 is 0 Å². The zero-order valence-corrected chi connectivity index (χ0v) is 9.35. The van der Waals surface area contributed by atoms with Crippen molar-refractivity contribution >= 4 is 17.3 Å². The van der Waals surface area contributed by atoms with Crippen LogP contribution in [0.4, 0.5) is 0 Å². The minimum Gasteiger partial charge on any atom is -0.371 e. The van der Waals surface area contributed by atoms with Crippen LogP contribution in [0, 0.1) is 0 Å². The molecule has 1 fully saturated rings. The van der Waals surface area contributed by atoms with Gasteiger partial charge in [-0.05, 0) is 18.9 Å². The van der Waals surface area contributed by atoms with Crippen LogP contribution in [0.1, 0.15) is 28.8 Å². The van der Waals surface area contributed by atoms with Crippen molar-refractivity contribution in [1.82, 2.24) is 9.88 Å². The quantitative estimate of drug-likeness (QED) is 0.679. The van der Waals surface area contributed by atoms with Gasteiger partial charge in [0.25, 0.3) is 0 Å². The molecule has 0 aromatic carbocycles. The van der Waals surface area contributed by atoms with Gasteiger partial charge < -0.3 is 4.90 Å². The maximum absolute atomic E-state index is 11.7. The summed E-state index contributed by atoms with van der Waals surface area (Å²) in [5.41, 5.74) is 2.13. The first-order chi connectivity index (χ1) is 8.27. The van der Waals surface area contributed by atoms with E-state index in [1.165, 1.54) is 6.08 Å². The van der Waals surface area contributed by atoms with Gasteiger partial charge in [0.2, 0.25) is 11.6 Å². The number of Topliss-reactive ketones (excluding diaryl/α,β-unsaturated/α-hetero) is 1. The number of hydrogen-bond acceptors (Lipinski definition) is 4. The number of aromatic nitrogens is 1. The van der Waals surface area contributed by atoms with Gasteiger partial charge in [-0.25, -0.2) is 0 Å². The number of carbonyl (C=O) groups is 2. The van der Waals surface area contributed by atoms with E-state index >= 15 is 0 Å². The number of hydrogen-bond donors (Lipinski definition) is 0. The number of allylic oxidation sites excluding steroid dienone is 1. The van der Waals surface area contributed by atoms with E-state index in [0.717, 1.165) is 37.2 Å². The number of nitrogens with zero attached hydrogens (tertiary/aromatic N) is 2. The molecule has 0 N–H and O–H groups in total. The molecule has 3 rings (SSSR count). The van der Waals surface area contributed by atoms with Crippen LogP contribution in [0.25, 0.3) is 5.70 Å². The minimum absolute atomic E-state index is 0.425. The Bertz CT molecular complexity index is 528. The molecule has 1 saturated heterocycles. The second-order valence-corrected chi connectivity index (χ2v) is 4.34. The Morgan fingerprint density at radius 1 is 1.12 bits per heavy atom. The van der Waals surface area contributed by atoms with Gasteiger partial charge in [-0.15, -0.1) is 0 Å². The van der Waals surface area contributed by atoms with Crippen LogP contribution in [0.2, 0.25) is 0 Å². The van der Waals surface area contributed by atoms with Crippen molar-refractivity contribution in [2.45, 2.75) is 12.8 Å². The third-order valence-corrected chi connectivity index (χ3v) is 3.28. The largest absolute Gasteiger partial charge is 0.371 e.